The Morgan fingerprint density at radius 1 is 1.11 bits per heavy atom. The van der Waals surface area contributed by atoms with E-state index in [9.17, 15) is 4.79 Å². The third-order valence-electron chi connectivity index (χ3n) is 3.07. The monoisotopic (exact) mass is 252 g/mol. The Balaban J connectivity index is 2.20. The fraction of sp³-hybridized carbons (Fsp3) is 0.0667. The van der Waals surface area contributed by atoms with E-state index in [4.69, 9.17) is 4.84 Å². The van der Waals surface area contributed by atoms with Gasteiger partial charge in [-0.15, -0.1) is 0 Å². The molecule has 94 valence electrons. The lowest BCUT2D eigenvalue weighted by Crippen LogP contribution is -2.14. The molecule has 0 saturated carbocycles. The Bertz CT molecular complexity index is 768. The molecule has 0 atom stereocenters. The maximum absolute atomic E-state index is 11.7. The van der Waals surface area contributed by atoms with Crippen LogP contribution in [-0.2, 0) is 4.84 Å². The first-order chi connectivity index (χ1) is 9.29. The molecule has 0 aliphatic carbocycles. The number of hydrogen-bond acceptors (Lipinski definition) is 4. The lowest BCUT2D eigenvalue weighted by Gasteiger charge is -2.06. The van der Waals surface area contributed by atoms with Crippen LogP contribution in [0.2, 0.25) is 0 Å². The van der Waals surface area contributed by atoms with Crippen molar-refractivity contribution in [2.75, 3.05) is 7.05 Å². The summed E-state index contributed by atoms with van der Waals surface area (Å²) >= 11 is 0. The smallest absolute Gasteiger partial charge is 0.356 e. The highest BCUT2D eigenvalue weighted by atomic mass is 16.7. The molecule has 0 aliphatic heterocycles. The fourth-order valence-corrected chi connectivity index (χ4v) is 2.18. The van der Waals surface area contributed by atoms with Crippen molar-refractivity contribution in [3.05, 3.63) is 54.4 Å². The van der Waals surface area contributed by atoms with E-state index in [2.05, 4.69) is 10.5 Å². The summed E-state index contributed by atoms with van der Waals surface area (Å²) in [6, 6.07) is 11.5. The van der Waals surface area contributed by atoms with E-state index < -0.39 is 5.97 Å². The first kappa shape index (κ1) is 11.6. The zero-order valence-electron chi connectivity index (χ0n) is 10.4. The van der Waals surface area contributed by atoms with Gasteiger partial charge in [0.1, 0.15) is 0 Å². The van der Waals surface area contributed by atoms with Gasteiger partial charge in [-0.3, -0.25) is 4.98 Å². The van der Waals surface area contributed by atoms with Crippen LogP contribution in [0.5, 0.6) is 0 Å². The van der Waals surface area contributed by atoms with Crippen molar-refractivity contribution >= 4 is 27.5 Å². The highest BCUT2D eigenvalue weighted by Crippen LogP contribution is 2.25. The van der Waals surface area contributed by atoms with Crippen molar-refractivity contribution in [2.24, 2.45) is 0 Å². The van der Waals surface area contributed by atoms with Gasteiger partial charge in [0.05, 0.1) is 5.56 Å². The summed E-state index contributed by atoms with van der Waals surface area (Å²) in [5.41, 5.74) is 2.90. The molecule has 3 aromatic rings. The number of pyridine rings is 1. The van der Waals surface area contributed by atoms with Gasteiger partial charge in [0.25, 0.3) is 0 Å². The molecule has 0 unspecified atom stereocenters. The van der Waals surface area contributed by atoms with Gasteiger partial charge in [0.2, 0.25) is 0 Å². The van der Waals surface area contributed by atoms with E-state index in [1.807, 2.05) is 36.5 Å². The molecule has 1 N–H and O–H groups in total. The lowest BCUT2D eigenvalue weighted by molar-refractivity contribution is 0.0310. The predicted molar refractivity (Wildman–Crippen MR) is 73.7 cm³/mol. The Hall–Kier alpha value is -2.46. The van der Waals surface area contributed by atoms with E-state index in [-0.39, 0.29) is 0 Å². The average Bonchev–Trinajstić information content (AvgIpc) is 2.46. The molecule has 4 nitrogen and oxygen atoms in total. The molecular weight excluding hydrogens is 240 g/mol. The molecule has 1 heterocycles. The molecule has 2 aromatic carbocycles. The molecule has 0 radical (unpaired) electrons. The minimum atomic E-state index is -0.393. The number of aromatic nitrogens is 1. The van der Waals surface area contributed by atoms with E-state index in [1.165, 1.54) is 0 Å². The summed E-state index contributed by atoms with van der Waals surface area (Å²) in [6.07, 6.45) is 3.61. The highest BCUT2D eigenvalue weighted by molar-refractivity contribution is 6.08. The summed E-state index contributed by atoms with van der Waals surface area (Å²) in [4.78, 5) is 20.6. The van der Waals surface area contributed by atoms with Crippen LogP contribution < -0.4 is 5.48 Å². The first-order valence-electron chi connectivity index (χ1n) is 5.94. The van der Waals surface area contributed by atoms with Crippen LogP contribution >= 0.6 is 0 Å². The molecule has 0 bridgehead atoms. The fourth-order valence-electron chi connectivity index (χ4n) is 2.18. The Morgan fingerprint density at radius 3 is 2.79 bits per heavy atom. The molecule has 19 heavy (non-hydrogen) atoms. The molecule has 0 amide bonds. The van der Waals surface area contributed by atoms with Crippen LogP contribution in [0.3, 0.4) is 0 Å². The van der Waals surface area contributed by atoms with Crippen molar-refractivity contribution in [2.45, 2.75) is 0 Å². The van der Waals surface area contributed by atoms with E-state index >= 15 is 0 Å². The summed E-state index contributed by atoms with van der Waals surface area (Å²) in [7, 11) is 1.55. The zero-order valence-corrected chi connectivity index (χ0v) is 10.4. The molecule has 4 heteroatoms. The number of nitrogens with zero attached hydrogens (tertiary/aromatic N) is 1. The van der Waals surface area contributed by atoms with Crippen molar-refractivity contribution in [1.29, 1.82) is 0 Å². The van der Waals surface area contributed by atoms with Crippen LogP contribution in [0.4, 0.5) is 0 Å². The molecule has 3 rings (SSSR count). The second kappa shape index (κ2) is 4.66. The standard InChI is InChI=1S/C15H12N2O2/c1-16-19-15(18)12-4-5-13-11(8-12)3-2-10-6-7-17-9-14(10)13/h2-9,16H,1H3. The van der Waals surface area contributed by atoms with Crippen molar-refractivity contribution in [3.63, 3.8) is 0 Å². The van der Waals surface area contributed by atoms with Gasteiger partial charge in [-0.2, -0.15) is 5.48 Å². The predicted octanol–water partition coefficient (Wildman–Crippen LogP) is 2.68. The number of rotatable bonds is 2. The van der Waals surface area contributed by atoms with E-state index in [0.717, 1.165) is 21.5 Å². The SMILES string of the molecule is CNOC(=O)c1ccc2c(ccc3ccncc32)c1. The van der Waals surface area contributed by atoms with Crippen LogP contribution in [0, 0.1) is 0 Å². The first-order valence-corrected chi connectivity index (χ1v) is 5.94. The number of benzene rings is 2. The third kappa shape index (κ3) is 2.02. The van der Waals surface area contributed by atoms with Crippen LogP contribution in [0.25, 0.3) is 21.5 Å². The van der Waals surface area contributed by atoms with Crippen molar-refractivity contribution < 1.29 is 9.63 Å². The number of carbonyl (C=O) groups excluding carboxylic acids is 1. The van der Waals surface area contributed by atoms with Crippen LogP contribution in [-0.4, -0.2) is 18.0 Å². The summed E-state index contributed by atoms with van der Waals surface area (Å²) in [5.74, 6) is -0.393. The van der Waals surface area contributed by atoms with E-state index in [1.54, 1.807) is 19.3 Å². The van der Waals surface area contributed by atoms with Gasteiger partial charge in [-0.1, -0.05) is 18.2 Å². The van der Waals surface area contributed by atoms with Gasteiger partial charge in [0, 0.05) is 24.8 Å². The minimum absolute atomic E-state index is 0.393. The number of nitrogens with one attached hydrogen (secondary N) is 1. The van der Waals surface area contributed by atoms with Gasteiger partial charge in [0.15, 0.2) is 0 Å². The van der Waals surface area contributed by atoms with Gasteiger partial charge in [-0.05, 0) is 34.4 Å². The number of fused-ring (bicyclic) bond motifs is 3. The molecule has 1 aromatic heterocycles. The average molecular weight is 252 g/mol. The van der Waals surface area contributed by atoms with Gasteiger partial charge in [-0.25, -0.2) is 4.79 Å². The molecule has 0 fully saturated rings. The normalized spacial score (nSPS) is 10.8. The summed E-state index contributed by atoms with van der Waals surface area (Å²) < 4.78 is 0. The largest absolute Gasteiger partial charge is 0.367 e. The molecule has 0 spiro atoms. The van der Waals surface area contributed by atoms with Crippen molar-refractivity contribution in [3.8, 4) is 0 Å². The number of carbonyl (C=O) groups is 1. The van der Waals surface area contributed by atoms with Crippen LogP contribution in [0.1, 0.15) is 10.4 Å². The summed E-state index contributed by atoms with van der Waals surface area (Å²) in [6.45, 7) is 0. The zero-order chi connectivity index (χ0) is 13.2. The van der Waals surface area contributed by atoms with E-state index in [0.29, 0.717) is 5.56 Å². The topological polar surface area (TPSA) is 51.2 Å². The molecular formula is C15H12N2O2. The van der Waals surface area contributed by atoms with Gasteiger partial charge >= 0.3 is 5.97 Å². The Labute approximate surface area is 110 Å². The number of hydrogen-bond donors (Lipinski definition) is 1. The Kier molecular flexibility index (Phi) is 2.85. The van der Waals surface area contributed by atoms with Gasteiger partial charge < -0.3 is 4.84 Å². The molecule has 0 saturated heterocycles. The quantitative estimate of drug-likeness (QED) is 0.562. The Morgan fingerprint density at radius 2 is 1.95 bits per heavy atom. The van der Waals surface area contributed by atoms with Crippen LogP contribution in [0.15, 0.2) is 48.8 Å². The second-order valence-electron chi connectivity index (χ2n) is 4.19. The lowest BCUT2D eigenvalue weighted by atomic mass is 10.0. The number of hydroxylamine groups is 1. The van der Waals surface area contributed by atoms with Crippen molar-refractivity contribution in [1.82, 2.24) is 10.5 Å². The highest BCUT2D eigenvalue weighted by Gasteiger charge is 2.08. The molecule has 0 aliphatic rings. The third-order valence-corrected chi connectivity index (χ3v) is 3.07. The second-order valence-corrected chi connectivity index (χ2v) is 4.19. The summed E-state index contributed by atoms with van der Waals surface area (Å²) in [5, 5.41) is 4.28. The maximum atomic E-state index is 11.7. The minimum Gasteiger partial charge on any atom is -0.367 e. The maximum Gasteiger partial charge on any atom is 0.356 e.